The third kappa shape index (κ3) is 4.17. The van der Waals surface area contributed by atoms with Crippen molar-refractivity contribution in [2.24, 2.45) is 0 Å². The molecule has 1 aliphatic carbocycles. The van der Waals surface area contributed by atoms with Crippen LogP contribution in [0.4, 0.5) is 0 Å². The Hall–Kier alpha value is -5.98. The van der Waals surface area contributed by atoms with Gasteiger partial charge in [-0.25, -0.2) is 0 Å². The molecule has 0 aliphatic heterocycles. The number of hydrogen-bond donors (Lipinski definition) is 0. The van der Waals surface area contributed by atoms with E-state index in [4.69, 9.17) is 0 Å². The first-order valence-corrected chi connectivity index (χ1v) is 17.3. The van der Waals surface area contributed by atoms with E-state index in [2.05, 4.69) is 184 Å². The minimum atomic E-state index is -0.111. The first kappa shape index (κ1) is 28.1. The fourth-order valence-corrected chi connectivity index (χ4v) is 8.70. The largest absolute Gasteiger partial charge is 0.0616 e. The van der Waals surface area contributed by atoms with Crippen molar-refractivity contribution in [2.75, 3.05) is 0 Å². The van der Waals surface area contributed by atoms with Crippen LogP contribution in [0.5, 0.6) is 0 Å². The molecule has 1 aliphatic rings. The van der Waals surface area contributed by atoms with E-state index in [0.717, 1.165) is 0 Å². The molecule has 0 spiro atoms. The van der Waals surface area contributed by atoms with Crippen LogP contribution >= 0.6 is 0 Å². The van der Waals surface area contributed by atoms with Crippen LogP contribution in [0, 0.1) is 0 Å². The third-order valence-electron chi connectivity index (χ3n) is 11.0. The minimum Gasteiger partial charge on any atom is -0.0616 e. The Morgan fingerprint density at radius 2 is 0.796 bits per heavy atom. The lowest BCUT2D eigenvalue weighted by Gasteiger charge is -2.24. The summed E-state index contributed by atoms with van der Waals surface area (Å²) in [6, 6.07) is 63.1. The molecule has 0 atom stereocenters. The van der Waals surface area contributed by atoms with Gasteiger partial charge in [-0.05, 0) is 111 Å². The standard InChI is InChI=1S/C49H34/c1-49(2)45-30-37(26-27-39(45)44-28-25-33-12-5-6-14-38(33)48(44)49)47-42-17-9-7-15-40(42)46(41-16-8-10-18-43(41)47)34-22-19-32(20-23-34)36-24-21-31-11-3-4-13-35(31)29-36/h3-30H,1-2H3. The molecule has 9 aromatic carbocycles. The monoisotopic (exact) mass is 622 g/mol. The van der Waals surface area contributed by atoms with Crippen LogP contribution in [0.2, 0.25) is 0 Å². The number of fused-ring (bicyclic) bond motifs is 8. The third-order valence-corrected chi connectivity index (χ3v) is 11.0. The van der Waals surface area contributed by atoms with Crippen molar-refractivity contribution in [1.29, 1.82) is 0 Å². The summed E-state index contributed by atoms with van der Waals surface area (Å²) in [5, 5.41) is 10.3. The summed E-state index contributed by atoms with van der Waals surface area (Å²) in [5.41, 5.74) is 13.0. The number of benzene rings is 9. The van der Waals surface area contributed by atoms with Crippen molar-refractivity contribution >= 4 is 43.1 Å². The second kappa shape index (κ2) is 10.5. The van der Waals surface area contributed by atoms with Crippen molar-refractivity contribution in [3.63, 3.8) is 0 Å². The van der Waals surface area contributed by atoms with Crippen molar-refractivity contribution in [1.82, 2.24) is 0 Å². The zero-order valence-electron chi connectivity index (χ0n) is 27.7. The fourth-order valence-electron chi connectivity index (χ4n) is 8.70. The Morgan fingerprint density at radius 1 is 0.327 bits per heavy atom. The molecule has 9 aromatic rings. The second-order valence-corrected chi connectivity index (χ2v) is 14.1. The maximum absolute atomic E-state index is 2.48. The SMILES string of the molecule is CC1(C)c2cc(-c3c4ccccc4c(-c4ccc(-c5ccc6ccccc6c5)cc4)c4ccccc34)ccc2-c2ccc3ccccc3c21. The smallest absolute Gasteiger partial charge is 0.0165 e. The summed E-state index contributed by atoms with van der Waals surface area (Å²) in [7, 11) is 0. The summed E-state index contributed by atoms with van der Waals surface area (Å²) in [6.45, 7) is 4.80. The minimum absolute atomic E-state index is 0.111. The van der Waals surface area contributed by atoms with Gasteiger partial charge in [0.25, 0.3) is 0 Å². The fraction of sp³-hybridized carbons (Fsp3) is 0.0612. The lowest BCUT2D eigenvalue weighted by Crippen LogP contribution is -2.15. The quantitative estimate of drug-likeness (QED) is 0.172. The molecule has 10 rings (SSSR count). The highest BCUT2D eigenvalue weighted by molar-refractivity contribution is 6.21. The predicted molar refractivity (Wildman–Crippen MR) is 210 cm³/mol. The van der Waals surface area contributed by atoms with Crippen LogP contribution in [-0.2, 0) is 5.41 Å². The van der Waals surface area contributed by atoms with Crippen LogP contribution in [0.25, 0.3) is 87.6 Å². The summed E-state index contributed by atoms with van der Waals surface area (Å²) in [4.78, 5) is 0. The molecule has 0 heteroatoms. The van der Waals surface area contributed by atoms with Gasteiger partial charge in [-0.1, -0.05) is 172 Å². The average molecular weight is 623 g/mol. The molecule has 0 radical (unpaired) electrons. The summed E-state index contributed by atoms with van der Waals surface area (Å²) < 4.78 is 0. The van der Waals surface area contributed by atoms with Crippen molar-refractivity contribution in [3.8, 4) is 44.5 Å². The first-order valence-electron chi connectivity index (χ1n) is 17.3. The predicted octanol–water partition coefficient (Wildman–Crippen LogP) is 13.6. The van der Waals surface area contributed by atoms with Crippen LogP contribution in [0.3, 0.4) is 0 Å². The van der Waals surface area contributed by atoms with Gasteiger partial charge in [-0.15, -0.1) is 0 Å². The Kier molecular flexibility index (Phi) is 6.02. The van der Waals surface area contributed by atoms with Crippen molar-refractivity contribution in [2.45, 2.75) is 19.3 Å². The van der Waals surface area contributed by atoms with Gasteiger partial charge in [0.1, 0.15) is 0 Å². The molecule has 0 nitrogen and oxygen atoms in total. The summed E-state index contributed by atoms with van der Waals surface area (Å²) in [5.74, 6) is 0. The summed E-state index contributed by atoms with van der Waals surface area (Å²) >= 11 is 0. The van der Waals surface area contributed by atoms with Crippen LogP contribution in [0.1, 0.15) is 25.0 Å². The topological polar surface area (TPSA) is 0 Å². The normalized spacial score (nSPS) is 13.3. The molecule has 0 heterocycles. The average Bonchev–Trinajstić information content (AvgIpc) is 3.39. The van der Waals surface area contributed by atoms with Gasteiger partial charge in [-0.2, -0.15) is 0 Å². The molecule has 0 saturated carbocycles. The number of hydrogen-bond acceptors (Lipinski definition) is 0. The molecule has 0 bridgehead atoms. The molecular weight excluding hydrogens is 589 g/mol. The van der Waals surface area contributed by atoms with E-state index in [9.17, 15) is 0 Å². The Labute approximate surface area is 286 Å². The Bertz CT molecular complexity index is 2720. The highest BCUT2D eigenvalue weighted by atomic mass is 14.4. The second-order valence-electron chi connectivity index (χ2n) is 14.1. The van der Waals surface area contributed by atoms with Crippen molar-refractivity contribution < 1.29 is 0 Å². The van der Waals surface area contributed by atoms with E-state index in [0.29, 0.717) is 0 Å². The first-order chi connectivity index (χ1) is 24.1. The Morgan fingerprint density at radius 3 is 1.47 bits per heavy atom. The molecule has 230 valence electrons. The highest BCUT2D eigenvalue weighted by Crippen LogP contribution is 2.53. The molecule has 49 heavy (non-hydrogen) atoms. The molecule has 0 aromatic heterocycles. The molecule has 0 unspecified atom stereocenters. The highest BCUT2D eigenvalue weighted by Gasteiger charge is 2.37. The zero-order valence-corrected chi connectivity index (χ0v) is 27.7. The van der Waals surface area contributed by atoms with Gasteiger partial charge >= 0.3 is 0 Å². The van der Waals surface area contributed by atoms with Gasteiger partial charge in [0.15, 0.2) is 0 Å². The van der Waals surface area contributed by atoms with Crippen LogP contribution in [0.15, 0.2) is 170 Å². The zero-order chi connectivity index (χ0) is 32.7. The molecule has 0 amide bonds. The van der Waals surface area contributed by atoms with Gasteiger partial charge in [-0.3, -0.25) is 0 Å². The molecule has 0 saturated heterocycles. The van der Waals surface area contributed by atoms with Crippen LogP contribution in [-0.4, -0.2) is 0 Å². The van der Waals surface area contributed by atoms with E-state index in [1.54, 1.807) is 0 Å². The maximum Gasteiger partial charge on any atom is 0.0165 e. The van der Waals surface area contributed by atoms with Gasteiger partial charge in [0, 0.05) is 5.41 Å². The van der Waals surface area contributed by atoms with E-state index < -0.39 is 0 Å². The maximum atomic E-state index is 2.48. The van der Waals surface area contributed by atoms with E-state index in [1.165, 1.54) is 98.7 Å². The van der Waals surface area contributed by atoms with Crippen LogP contribution < -0.4 is 0 Å². The van der Waals surface area contributed by atoms with Gasteiger partial charge in [0.05, 0.1) is 0 Å². The lowest BCUT2D eigenvalue weighted by atomic mass is 9.79. The van der Waals surface area contributed by atoms with E-state index in [-0.39, 0.29) is 5.41 Å². The van der Waals surface area contributed by atoms with Gasteiger partial charge in [0.2, 0.25) is 0 Å². The molecule has 0 fully saturated rings. The summed E-state index contributed by atoms with van der Waals surface area (Å²) in [6.07, 6.45) is 0. The van der Waals surface area contributed by atoms with E-state index in [1.807, 2.05) is 0 Å². The lowest BCUT2D eigenvalue weighted by molar-refractivity contribution is 0.666. The molecule has 0 N–H and O–H groups in total. The van der Waals surface area contributed by atoms with E-state index >= 15 is 0 Å². The van der Waals surface area contributed by atoms with Gasteiger partial charge < -0.3 is 0 Å². The Balaban J connectivity index is 1.15. The van der Waals surface area contributed by atoms with Crippen molar-refractivity contribution in [3.05, 3.63) is 181 Å². The number of rotatable bonds is 3. The molecular formula is C49H34.